The van der Waals surface area contributed by atoms with Crippen molar-refractivity contribution in [3.8, 4) is 0 Å². The fourth-order valence-electron chi connectivity index (χ4n) is 2.26. The molecular weight excluding hydrogens is 279 g/mol. The molecule has 1 fully saturated rings. The average molecular weight is 293 g/mol. The number of hydrogen-bond donors (Lipinski definition) is 1. The topological polar surface area (TPSA) is 40.5 Å². The zero-order chi connectivity index (χ0) is 14.0. The van der Waals surface area contributed by atoms with Gasteiger partial charge in [0.1, 0.15) is 4.88 Å². The van der Waals surface area contributed by atoms with Gasteiger partial charge in [0.15, 0.2) is 0 Å². The van der Waals surface area contributed by atoms with Crippen LogP contribution >= 0.6 is 11.3 Å². The number of carboxylic acid groups (broad SMARTS) is 1. The Morgan fingerprint density at radius 3 is 2.79 bits per heavy atom. The van der Waals surface area contributed by atoms with Crippen LogP contribution in [0.15, 0.2) is 12.1 Å². The van der Waals surface area contributed by atoms with Gasteiger partial charge in [-0.05, 0) is 31.5 Å². The van der Waals surface area contributed by atoms with Crippen molar-refractivity contribution >= 4 is 17.3 Å². The van der Waals surface area contributed by atoms with Gasteiger partial charge in [-0.3, -0.25) is 4.90 Å². The maximum absolute atomic E-state index is 12.7. The van der Waals surface area contributed by atoms with Crippen molar-refractivity contribution in [2.75, 3.05) is 13.1 Å². The smallest absolute Gasteiger partial charge is 0.393 e. The quantitative estimate of drug-likeness (QED) is 0.930. The molecule has 0 aromatic carbocycles. The number of thiophene rings is 1. The van der Waals surface area contributed by atoms with Crippen LogP contribution in [0.3, 0.4) is 0 Å². The van der Waals surface area contributed by atoms with Crippen LogP contribution < -0.4 is 0 Å². The molecule has 106 valence electrons. The fraction of sp³-hybridized carbons (Fsp3) is 0.583. The number of carboxylic acids is 1. The highest BCUT2D eigenvalue weighted by Crippen LogP contribution is 2.33. The van der Waals surface area contributed by atoms with Crippen molar-refractivity contribution in [1.29, 1.82) is 0 Å². The summed E-state index contributed by atoms with van der Waals surface area (Å²) >= 11 is 1.12. The summed E-state index contributed by atoms with van der Waals surface area (Å²) in [5.74, 6) is -2.26. The van der Waals surface area contributed by atoms with E-state index in [1.165, 1.54) is 6.07 Å². The molecule has 2 rings (SSSR count). The number of halogens is 3. The lowest BCUT2D eigenvalue weighted by molar-refractivity contribution is -0.187. The molecule has 19 heavy (non-hydrogen) atoms. The maximum atomic E-state index is 12.7. The third-order valence-electron chi connectivity index (χ3n) is 3.22. The van der Waals surface area contributed by atoms with Gasteiger partial charge in [-0.15, -0.1) is 11.3 Å². The molecule has 3 nitrogen and oxygen atoms in total. The predicted molar refractivity (Wildman–Crippen MR) is 65.3 cm³/mol. The number of piperidine rings is 1. The van der Waals surface area contributed by atoms with Crippen molar-refractivity contribution in [3.63, 3.8) is 0 Å². The first-order chi connectivity index (χ1) is 8.86. The first-order valence-corrected chi connectivity index (χ1v) is 6.79. The summed E-state index contributed by atoms with van der Waals surface area (Å²) in [6, 6.07) is 3.17. The van der Waals surface area contributed by atoms with Crippen molar-refractivity contribution in [3.05, 3.63) is 21.9 Å². The van der Waals surface area contributed by atoms with Gasteiger partial charge in [0.05, 0.1) is 5.92 Å². The third kappa shape index (κ3) is 3.70. The third-order valence-corrected chi connectivity index (χ3v) is 4.28. The zero-order valence-corrected chi connectivity index (χ0v) is 10.9. The summed E-state index contributed by atoms with van der Waals surface area (Å²) in [7, 11) is 0. The number of alkyl halides is 3. The predicted octanol–water partition coefficient (Wildman–Crippen LogP) is 3.22. The van der Waals surface area contributed by atoms with Gasteiger partial charge in [-0.2, -0.15) is 13.2 Å². The summed E-state index contributed by atoms with van der Waals surface area (Å²) in [5, 5.41) is 8.80. The SMILES string of the molecule is O=C(O)c1ccc(CN2CCCC(C(F)(F)F)C2)s1. The van der Waals surface area contributed by atoms with E-state index in [-0.39, 0.29) is 17.8 Å². The van der Waals surface area contributed by atoms with Gasteiger partial charge in [0.2, 0.25) is 0 Å². The second-order valence-electron chi connectivity index (χ2n) is 4.69. The lowest BCUT2D eigenvalue weighted by Crippen LogP contribution is -2.41. The van der Waals surface area contributed by atoms with Gasteiger partial charge in [0.25, 0.3) is 0 Å². The summed E-state index contributed by atoms with van der Waals surface area (Å²) in [6.07, 6.45) is -3.42. The van der Waals surface area contributed by atoms with Crippen LogP contribution in [-0.4, -0.2) is 35.2 Å². The Labute approximate surface area is 112 Å². The minimum absolute atomic E-state index is 0.00377. The minimum atomic E-state index is -4.14. The van der Waals surface area contributed by atoms with Gasteiger partial charge < -0.3 is 5.11 Å². The van der Waals surface area contributed by atoms with Crippen LogP contribution in [0.25, 0.3) is 0 Å². The fourth-order valence-corrected chi connectivity index (χ4v) is 3.15. The first kappa shape index (κ1) is 14.3. The number of likely N-dealkylation sites (tertiary alicyclic amines) is 1. The molecule has 1 aliphatic rings. The molecule has 0 saturated carbocycles. The van der Waals surface area contributed by atoms with E-state index in [0.717, 1.165) is 16.2 Å². The van der Waals surface area contributed by atoms with Crippen molar-refractivity contribution < 1.29 is 23.1 Å². The number of aromatic carboxylic acids is 1. The first-order valence-electron chi connectivity index (χ1n) is 5.97. The molecule has 1 aromatic heterocycles. The second kappa shape index (κ2) is 5.50. The largest absolute Gasteiger partial charge is 0.477 e. The Morgan fingerprint density at radius 1 is 1.47 bits per heavy atom. The van der Waals surface area contributed by atoms with Gasteiger partial charge in [0, 0.05) is 18.0 Å². The maximum Gasteiger partial charge on any atom is 0.393 e. The highest BCUT2D eigenvalue weighted by molar-refractivity contribution is 7.13. The van der Waals surface area contributed by atoms with Crippen LogP contribution in [0.1, 0.15) is 27.4 Å². The van der Waals surface area contributed by atoms with Crippen LogP contribution in [0.5, 0.6) is 0 Å². The number of hydrogen-bond acceptors (Lipinski definition) is 3. The molecule has 0 aliphatic carbocycles. The lowest BCUT2D eigenvalue weighted by atomic mass is 9.97. The zero-order valence-electron chi connectivity index (χ0n) is 10.1. The highest BCUT2D eigenvalue weighted by Gasteiger charge is 2.41. The normalized spacial score (nSPS) is 21.5. The Balaban J connectivity index is 1.96. The molecule has 1 atom stereocenters. The van der Waals surface area contributed by atoms with Crippen LogP contribution in [0.4, 0.5) is 13.2 Å². The molecule has 0 amide bonds. The molecule has 2 heterocycles. The molecule has 1 saturated heterocycles. The summed E-state index contributed by atoms with van der Waals surface area (Å²) in [4.78, 5) is 13.5. The number of rotatable bonds is 3. The Morgan fingerprint density at radius 2 is 2.21 bits per heavy atom. The average Bonchev–Trinajstić information content (AvgIpc) is 2.77. The Bertz CT molecular complexity index is 458. The van der Waals surface area contributed by atoms with Crippen molar-refractivity contribution in [1.82, 2.24) is 4.90 Å². The van der Waals surface area contributed by atoms with Gasteiger partial charge in [-0.1, -0.05) is 0 Å². The van der Waals surface area contributed by atoms with E-state index in [1.807, 2.05) is 0 Å². The van der Waals surface area contributed by atoms with Crippen LogP contribution in [0.2, 0.25) is 0 Å². The molecule has 1 N–H and O–H groups in total. The molecular formula is C12H14F3NO2S. The van der Waals surface area contributed by atoms with E-state index in [1.54, 1.807) is 11.0 Å². The Kier molecular flexibility index (Phi) is 4.15. The van der Waals surface area contributed by atoms with Crippen molar-refractivity contribution in [2.45, 2.75) is 25.6 Å². The van der Waals surface area contributed by atoms with E-state index < -0.39 is 18.1 Å². The van der Waals surface area contributed by atoms with E-state index >= 15 is 0 Å². The summed E-state index contributed by atoms with van der Waals surface area (Å²) < 4.78 is 38.0. The lowest BCUT2D eigenvalue weighted by Gasteiger charge is -2.33. The molecule has 1 aliphatic heterocycles. The summed E-state index contributed by atoms with van der Waals surface area (Å²) in [5.41, 5.74) is 0. The molecule has 0 bridgehead atoms. The van der Waals surface area contributed by atoms with Crippen LogP contribution in [0, 0.1) is 5.92 Å². The van der Waals surface area contributed by atoms with E-state index in [2.05, 4.69) is 0 Å². The molecule has 1 unspecified atom stereocenters. The standard InChI is InChI=1S/C12H14F3NO2S/c13-12(14,15)8-2-1-5-16(6-8)7-9-3-4-10(19-9)11(17)18/h3-4,8H,1-2,5-7H2,(H,17,18). The highest BCUT2D eigenvalue weighted by atomic mass is 32.1. The van der Waals surface area contributed by atoms with E-state index in [9.17, 15) is 18.0 Å². The minimum Gasteiger partial charge on any atom is -0.477 e. The molecule has 0 radical (unpaired) electrons. The summed E-state index contributed by atoms with van der Waals surface area (Å²) in [6.45, 7) is 1.03. The van der Waals surface area contributed by atoms with Gasteiger partial charge in [-0.25, -0.2) is 4.79 Å². The van der Waals surface area contributed by atoms with Gasteiger partial charge >= 0.3 is 12.1 Å². The number of carbonyl (C=O) groups is 1. The second-order valence-corrected chi connectivity index (χ2v) is 5.86. The monoisotopic (exact) mass is 293 g/mol. The van der Waals surface area contributed by atoms with E-state index in [4.69, 9.17) is 5.11 Å². The number of nitrogens with zero attached hydrogens (tertiary/aromatic N) is 1. The molecule has 1 aromatic rings. The Hall–Kier alpha value is -1.08. The molecule has 0 spiro atoms. The van der Waals surface area contributed by atoms with Crippen molar-refractivity contribution in [2.24, 2.45) is 5.92 Å². The van der Waals surface area contributed by atoms with Crippen LogP contribution in [-0.2, 0) is 6.54 Å². The van der Waals surface area contributed by atoms with E-state index in [0.29, 0.717) is 19.5 Å². The molecule has 7 heteroatoms.